The molecule has 0 radical (unpaired) electrons. The lowest BCUT2D eigenvalue weighted by Crippen LogP contribution is -2.40. The minimum atomic E-state index is -0.774. The molecule has 3 rings (SSSR count). The zero-order valence-corrected chi connectivity index (χ0v) is 16.6. The van der Waals surface area contributed by atoms with Crippen molar-refractivity contribution in [3.8, 4) is 0 Å². The number of hydrogen-bond donors (Lipinski definition) is 4. The second kappa shape index (κ2) is 9.07. The van der Waals surface area contributed by atoms with Gasteiger partial charge in [0.2, 0.25) is 11.9 Å². The Morgan fingerprint density at radius 3 is 2.68 bits per heavy atom. The molecule has 1 aliphatic rings. The Morgan fingerprint density at radius 1 is 1.29 bits per heavy atom. The number of aliphatic hydroxyl groups is 1. The quantitative estimate of drug-likeness (QED) is 0.535. The SMILES string of the molecule is CCc1csc(CNC(=O)[C@H]2C[C@H](NC(=O)c3cnc(NC)nc3)[C@@H](O)C2)n1. The Bertz CT molecular complexity index is 825. The van der Waals surface area contributed by atoms with Crippen molar-refractivity contribution in [2.45, 2.75) is 44.9 Å². The van der Waals surface area contributed by atoms with Gasteiger partial charge in [-0.1, -0.05) is 6.92 Å². The molecule has 2 amide bonds. The number of anilines is 1. The molecule has 1 aliphatic carbocycles. The maximum absolute atomic E-state index is 12.4. The lowest BCUT2D eigenvalue weighted by molar-refractivity contribution is -0.125. The number of aryl methyl sites for hydroxylation is 1. The molecule has 1 fully saturated rings. The van der Waals surface area contributed by atoms with E-state index in [2.05, 4.69) is 30.9 Å². The topological polar surface area (TPSA) is 129 Å². The van der Waals surface area contributed by atoms with E-state index in [0.717, 1.165) is 17.1 Å². The second-order valence-electron chi connectivity index (χ2n) is 6.66. The van der Waals surface area contributed by atoms with Gasteiger partial charge < -0.3 is 21.1 Å². The summed E-state index contributed by atoms with van der Waals surface area (Å²) in [5.41, 5.74) is 1.31. The summed E-state index contributed by atoms with van der Waals surface area (Å²) < 4.78 is 0. The first-order valence-corrected chi connectivity index (χ1v) is 10.1. The van der Waals surface area contributed by atoms with Crippen molar-refractivity contribution in [2.24, 2.45) is 5.92 Å². The van der Waals surface area contributed by atoms with Gasteiger partial charge >= 0.3 is 0 Å². The molecular weight excluding hydrogens is 380 g/mol. The molecule has 0 unspecified atom stereocenters. The van der Waals surface area contributed by atoms with Crippen molar-refractivity contribution in [1.29, 1.82) is 0 Å². The molecule has 0 spiro atoms. The fraction of sp³-hybridized carbons (Fsp3) is 0.500. The van der Waals surface area contributed by atoms with Gasteiger partial charge in [0.15, 0.2) is 0 Å². The number of aromatic nitrogens is 3. The molecule has 150 valence electrons. The highest BCUT2D eigenvalue weighted by Crippen LogP contribution is 2.27. The smallest absolute Gasteiger partial charge is 0.254 e. The number of amides is 2. The van der Waals surface area contributed by atoms with Gasteiger partial charge in [-0.2, -0.15) is 0 Å². The summed E-state index contributed by atoms with van der Waals surface area (Å²) in [6, 6.07) is -0.487. The molecular formula is C18H24N6O3S. The Kier molecular flexibility index (Phi) is 6.53. The van der Waals surface area contributed by atoms with Gasteiger partial charge in [-0.05, 0) is 19.3 Å². The van der Waals surface area contributed by atoms with Crippen LogP contribution >= 0.6 is 11.3 Å². The number of hydrogen-bond acceptors (Lipinski definition) is 8. The summed E-state index contributed by atoms with van der Waals surface area (Å²) >= 11 is 1.52. The molecule has 28 heavy (non-hydrogen) atoms. The Hall–Kier alpha value is -2.59. The molecule has 4 N–H and O–H groups in total. The van der Waals surface area contributed by atoms with Crippen LogP contribution in [0.25, 0.3) is 0 Å². The molecule has 0 bridgehead atoms. The highest BCUT2D eigenvalue weighted by atomic mass is 32.1. The van der Waals surface area contributed by atoms with E-state index in [0.29, 0.717) is 30.9 Å². The van der Waals surface area contributed by atoms with Crippen molar-refractivity contribution in [3.63, 3.8) is 0 Å². The summed E-state index contributed by atoms with van der Waals surface area (Å²) in [6.07, 6.45) is 3.61. The number of aliphatic hydroxyl groups excluding tert-OH is 1. The van der Waals surface area contributed by atoms with E-state index in [-0.39, 0.29) is 17.7 Å². The van der Waals surface area contributed by atoms with E-state index in [9.17, 15) is 14.7 Å². The predicted molar refractivity (Wildman–Crippen MR) is 105 cm³/mol. The van der Waals surface area contributed by atoms with Crippen molar-refractivity contribution < 1.29 is 14.7 Å². The molecule has 2 aromatic heterocycles. The van der Waals surface area contributed by atoms with E-state index >= 15 is 0 Å². The highest BCUT2D eigenvalue weighted by molar-refractivity contribution is 7.09. The van der Waals surface area contributed by atoms with E-state index in [4.69, 9.17) is 0 Å². The van der Waals surface area contributed by atoms with Gasteiger partial charge in [-0.25, -0.2) is 15.0 Å². The zero-order valence-electron chi connectivity index (χ0n) is 15.8. The fourth-order valence-corrected chi connectivity index (χ4v) is 3.93. The number of carbonyl (C=O) groups is 2. The number of rotatable bonds is 7. The van der Waals surface area contributed by atoms with Gasteiger partial charge in [0.25, 0.3) is 5.91 Å². The molecule has 0 aromatic carbocycles. The van der Waals surface area contributed by atoms with Gasteiger partial charge in [-0.15, -0.1) is 11.3 Å². The van der Waals surface area contributed by atoms with Crippen LogP contribution in [0, 0.1) is 5.92 Å². The molecule has 2 aromatic rings. The van der Waals surface area contributed by atoms with Crippen LogP contribution in [0.1, 0.15) is 40.8 Å². The highest BCUT2D eigenvalue weighted by Gasteiger charge is 2.37. The number of carbonyl (C=O) groups excluding carboxylic acids is 2. The molecule has 10 heteroatoms. The van der Waals surface area contributed by atoms with Crippen molar-refractivity contribution in [1.82, 2.24) is 25.6 Å². The monoisotopic (exact) mass is 404 g/mol. The molecule has 3 atom stereocenters. The molecule has 2 heterocycles. The first-order valence-electron chi connectivity index (χ1n) is 9.19. The zero-order chi connectivity index (χ0) is 20.1. The number of nitrogens with one attached hydrogen (secondary N) is 3. The fourth-order valence-electron chi connectivity index (χ4n) is 3.11. The molecule has 0 aliphatic heterocycles. The lowest BCUT2D eigenvalue weighted by Gasteiger charge is -2.16. The second-order valence-corrected chi connectivity index (χ2v) is 7.61. The summed E-state index contributed by atoms with van der Waals surface area (Å²) in [6.45, 7) is 2.41. The average molecular weight is 404 g/mol. The minimum Gasteiger partial charge on any atom is -0.391 e. The van der Waals surface area contributed by atoms with Gasteiger partial charge in [0.05, 0.1) is 29.9 Å². The largest absolute Gasteiger partial charge is 0.391 e. The van der Waals surface area contributed by atoms with Crippen LogP contribution in [0.15, 0.2) is 17.8 Å². The number of nitrogens with zero attached hydrogens (tertiary/aromatic N) is 3. The van der Waals surface area contributed by atoms with Crippen LogP contribution in [0.2, 0.25) is 0 Å². The van der Waals surface area contributed by atoms with E-state index in [1.165, 1.54) is 23.7 Å². The van der Waals surface area contributed by atoms with Crippen LogP contribution < -0.4 is 16.0 Å². The van der Waals surface area contributed by atoms with Crippen LogP contribution in [-0.2, 0) is 17.8 Å². The number of thiazole rings is 1. The summed E-state index contributed by atoms with van der Waals surface area (Å²) in [7, 11) is 1.69. The lowest BCUT2D eigenvalue weighted by atomic mass is 10.1. The molecule has 1 saturated carbocycles. The summed E-state index contributed by atoms with van der Waals surface area (Å²) in [4.78, 5) is 37.2. The molecule has 0 saturated heterocycles. The van der Waals surface area contributed by atoms with E-state index in [1.807, 2.05) is 12.3 Å². The predicted octanol–water partition coefficient (Wildman–Crippen LogP) is 0.723. The van der Waals surface area contributed by atoms with Gasteiger partial charge in [0, 0.05) is 30.7 Å². The van der Waals surface area contributed by atoms with Crippen LogP contribution in [0.5, 0.6) is 0 Å². The Balaban J connectivity index is 1.51. The third-order valence-electron chi connectivity index (χ3n) is 4.73. The van der Waals surface area contributed by atoms with Gasteiger partial charge in [-0.3, -0.25) is 9.59 Å². The van der Waals surface area contributed by atoms with Crippen molar-refractivity contribution >= 4 is 29.1 Å². The Labute approximate surface area is 167 Å². The van der Waals surface area contributed by atoms with Crippen LogP contribution in [0.4, 0.5) is 5.95 Å². The third-order valence-corrected chi connectivity index (χ3v) is 5.63. The average Bonchev–Trinajstić information content (AvgIpc) is 3.33. The molecule has 9 nitrogen and oxygen atoms in total. The third kappa shape index (κ3) is 4.82. The van der Waals surface area contributed by atoms with Crippen LogP contribution in [-0.4, -0.2) is 51.1 Å². The van der Waals surface area contributed by atoms with Gasteiger partial charge in [0.1, 0.15) is 5.01 Å². The maximum Gasteiger partial charge on any atom is 0.254 e. The first kappa shape index (κ1) is 20.2. The van der Waals surface area contributed by atoms with Crippen molar-refractivity contribution in [2.75, 3.05) is 12.4 Å². The first-order chi connectivity index (χ1) is 13.5. The summed E-state index contributed by atoms with van der Waals surface area (Å²) in [5, 5.41) is 21.5. The maximum atomic E-state index is 12.4. The normalized spacial score (nSPS) is 21.3. The Morgan fingerprint density at radius 2 is 2.04 bits per heavy atom. The summed E-state index contributed by atoms with van der Waals surface area (Å²) in [5.74, 6) is -0.442. The van der Waals surface area contributed by atoms with Crippen LogP contribution in [0.3, 0.4) is 0 Å². The van der Waals surface area contributed by atoms with E-state index in [1.54, 1.807) is 7.05 Å². The van der Waals surface area contributed by atoms with Crippen molar-refractivity contribution in [3.05, 3.63) is 34.0 Å². The minimum absolute atomic E-state index is 0.134. The van der Waals surface area contributed by atoms with E-state index < -0.39 is 12.1 Å². The standard InChI is InChI=1S/C18H24N6O3S/c1-3-12-9-28-15(23-12)8-20-16(26)10-4-13(14(25)5-10)24-17(27)11-6-21-18(19-2)22-7-11/h6-7,9-10,13-14,25H,3-5,8H2,1-2H3,(H,20,26)(H,24,27)(H,19,21,22)/t10-,13-,14-/m0/s1.